The average molecular weight is 222 g/mol. The highest BCUT2D eigenvalue weighted by atomic mass is 19.4. The highest BCUT2D eigenvalue weighted by Crippen LogP contribution is 2.24. The first-order valence-corrected chi connectivity index (χ1v) is 4.30. The minimum atomic E-state index is -4.67. The normalized spacial score (nSPS) is 14.0. The Morgan fingerprint density at radius 2 is 1.93 bits per heavy atom. The highest BCUT2D eigenvalue weighted by molar-refractivity contribution is 5.27. The maximum atomic E-state index is 12.7. The molecule has 15 heavy (non-hydrogen) atoms. The van der Waals surface area contributed by atoms with Crippen LogP contribution in [0.4, 0.5) is 17.6 Å². The SMILES string of the molecule is Cc1ccc(F)cc1CC(O)C(F)(F)F. The van der Waals surface area contributed by atoms with E-state index in [1.165, 1.54) is 12.1 Å². The standard InChI is InChI=1S/C10H10F4O/c1-6-2-3-8(11)4-7(6)5-9(15)10(12,13)14/h2-4,9,15H,5H2,1H3. The van der Waals surface area contributed by atoms with Gasteiger partial charge >= 0.3 is 6.18 Å². The third-order valence-corrected chi connectivity index (χ3v) is 2.10. The third-order valence-electron chi connectivity index (χ3n) is 2.10. The van der Waals surface area contributed by atoms with Crippen LogP contribution in [0.2, 0.25) is 0 Å². The van der Waals surface area contributed by atoms with E-state index in [4.69, 9.17) is 5.11 Å². The van der Waals surface area contributed by atoms with Crippen LogP contribution >= 0.6 is 0 Å². The fraction of sp³-hybridized carbons (Fsp3) is 0.400. The zero-order valence-electron chi connectivity index (χ0n) is 7.98. The van der Waals surface area contributed by atoms with E-state index in [0.717, 1.165) is 6.07 Å². The monoisotopic (exact) mass is 222 g/mol. The maximum Gasteiger partial charge on any atom is 0.414 e. The van der Waals surface area contributed by atoms with E-state index in [-0.39, 0.29) is 5.56 Å². The molecule has 0 amide bonds. The summed E-state index contributed by atoms with van der Waals surface area (Å²) in [5.41, 5.74) is 0.694. The molecular formula is C10H10F4O. The number of halogens is 4. The van der Waals surface area contributed by atoms with Crippen molar-refractivity contribution in [2.75, 3.05) is 0 Å². The molecule has 0 radical (unpaired) electrons. The number of benzene rings is 1. The Morgan fingerprint density at radius 3 is 2.47 bits per heavy atom. The lowest BCUT2D eigenvalue weighted by Crippen LogP contribution is -2.30. The van der Waals surface area contributed by atoms with Crippen LogP contribution < -0.4 is 0 Å². The van der Waals surface area contributed by atoms with Gasteiger partial charge in [0.25, 0.3) is 0 Å². The summed E-state index contributed by atoms with van der Waals surface area (Å²) < 4.78 is 48.8. The van der Waals surface area contributed by atoms with Crippen molar-refractivity contribution in [1.82, 2.24) is 0 Å². The Balaban J connectivity index is 2.85. The molecule has 0 bridgehead atoms. The van der Waals surface area contributed by atoms with Gasteiger partial charge in [0.05, 0.1) is 0 Å². The summed E-state index contributed by atoms with van der Waals surface area (Å²) in [5.74, 6) is -0.607. The van der Waals surface area contributed by atoms with Crippen molar-refractivity contribution in [1.29, 1.82) is 0 Å². The van der Waals surface area contributed by atoms with Crippen LogP contribution in [0.1, 0.15) is 11.1 Å². The van der Waals surface area contributed by atoms with Gasteiger partial charge in [-0.25, -0.2) is 4.39 Å². The molecule has 84 valence electrons. The molecular weight excluding hydrogens is 212 g/mol. The average Bonchev–Trinajstić information content (AvgIpc) is 2.09. The van der Waals surface area contributed by atoms with E-state index < -0.39 is 24.5 Å². The van der Waals surface area contributed by atoms with Crippen molar-refractivity contribution in [3.63, 3.8) is 0 Å². The van der Waals surface area contributed by atoms with Crippen molar-refractivity contribution in [2.45, 2.75) is 25.6 Å². The molecule has 1 aromatic carbocycles. The van der Waals surface area contributed by atoms with E-state index >= 15 is 0 Å². The molecule has 1 N–H and O–H groups in total. The fourth-order valence-corrected chi connectivity index (χ4v) is 1.18. The first kappa shape index (κ1) is 12.0. The maximum absolute atomic E-state index is 12.7. The summed E-state index contributed by atoms with van der Waals surface area (Å²) in [5, 5.41) is 8.81. The van der Waals surface area contributed by atoms with Crippen molar-refractivity contribution < 1.29 is 22.7 Å². The van der Waals surface area contributed by atoms with Crippen LogP contribution in [0.25, 0.3) is 0 Å². The van der Waals surface area contributed by atoms with Crippen LogP contribution in [0.5, 0.6) is 0 Å². The Hall–Kier alpha value is -1.10. The number of alkyl halides is 3. The lowest BCUT2D eigenvalue weighted by atomic mass is 10.0. The second kappa shape index (κ2) is 4.18. The van der Waals surface area contributed by atoms with Crippen molar-refractivity contribution >= 4 is 0 Å². The Kier molecular flexibility index (Phi) is 3.34. The lowest BCUT2D eigenvalue weighted by molar-refractivity contribution is -0.203. The number of aliphatic hydroxyl groups is 1. The Bertz CT molecular complexity index is 346. The van der Waals surface area contributed by atoms with Gasteiger partial charge in [0, 0.05) is 6.42 Å². The second-order valence-corrected chi connectivity index (χ2v) is 3.33. The molecule has 0 aliphatic carbocycles. The summed E-state index contributed by atoms with van der Waals surface area (Å²) in [4.78, 5) is 0. The van der Waals surface area contributed by atoms with Gasteiger partial charge in [-0.15, -0.1) is 0 Å². The summed E-state index contributed by atoms with van der Waals surface area (Å²) in [6.07, 6.45) is -7.73. The molecule has 0 fully saturated rings. The topological polar surface area (TPSA) is 20.2 Å². The zero-order valence-corrected chi connectivity index (χ0v) is 7.98. The number of rotatable bonds is 2. The molecule has 1 nitrogen and oxygen atoms in total. The predicted molar refractivity (Wildman–Crippen MR) is 46.9 cm³/mol. The van der Waals surface area contributed by atoms with Gasteiger partial charge in [-0.05, 0) is 30.2 Å². The van der Waals surface area contributed by atoms with Crippen molar-refractivity contribution in [3.8, 4) is 0 Å². The number of aryl methyl sites for hydroxylation is 1. The smallest absolute Gasteiger partial charge is 0.383 e. The predicted octanol–water partition coefficient (Wildman–Crippen LogP) is 2.60. The summed E-state index contributed by atoms with van der Waals surface area (Å²) in [6, 6.07) is 3.55. The first-order chi connectivity index (χ1) is 6.80. The van der Waals surface area contributed by atoms with E-state index in [0.29, 0.717) is 5.56 Å². The number of aliphatic hydroxyl groups excluding tert-OH is 1. The zero-order chi connectivity index (χ0) is 11.6. The summed E-state index contributed by atoms with van der Waals surface area (Å²) in [6.45, 7) is 1.57. The van der Waals surface area contributed by atoms with Crippen LogP contribution in [0, 0.1) is 12.7 Å². The number of hydrogen-bond acceptors (Lipinski definition) is 1. The van der Waals surface area contributed by atoms with E-state index in [9.17, 15) is 17.6 Å². The van der Waals surface area contributed by atoms with Gasteiger partial charge in [0.2, 0.25) is 0 Å². The number of hydrogen-bond donors (Lipinski definition) is 1. The minimum absolute atomic E-state index is 0.167. The molecule has 0 saturated carbocycles. The lowest BCUT2D eigenvalue weighted by Gasteiger charge is -2.15. The molecule has 1 unspecified atom stereocenters. The van der Waals surface area contributed by atoms with Crippen LogP contribution in [0.15, 0.2) is 18.2 Å². The Labute approximate surface area is 84.3 Å². The molecule has 5 heteroatoms. The molecule has 0 aliphatic rings. The highest BCUT2D eigenvalue weighted by Gasteiger charge is 2.38. The molecule has 0 spiro atoms. The molecule has 0 aliphatic heterocycles. The van der Waals surface area contributed by atoms with Gasteiger partial charge in [-0.1, -0.05) is 6.07 Å². The molecule has 0 saturated heterocycles. The second-order valence-electron chi connectivity index (χ2n) is 3.33. The third kappa shape index (κ3) is 3.20. The minimum Gasteiger partial charge on any atom is -0.383 e. The largest absolute Gasteiger partial charge is 0.414 e. The molecule has 1 aromatic rings. The molecule has 1 rings (SSSR count). The molecule has 0 heterocycles. The van der Waals surface area contributed by atoms with Gasteiger partial charge in [0.15, 0.2) is 6.10 Å². The van der Waals surface area contributed by atoms with Crippen molar-refractivity contribution in [3.05, 3.63) is 35.1 Å². The summed E-state index contributed by atoms with van der Waals surface area (Å²) >= 11 is 0. The van der Waals surface area contributed by atoms with E-state index in [2.05, 4.69) is 0 Å². The van der Waals surface area contributed by atoms with Gasteiger partial charge < -0.3 is 5.11 Å². The van der Waals surface area contributed by atoms with Gasteiger partial charge in [0.1, 0.15) is 5.82 Å². The summed E-state index contributed by atoms with van der Waals surface area (Å²) in [7, 11) is 0. The van der Waals surface area contributed by atoms with E-state index in [1.807, 2.05) is 0 Å². The Morgan fingerprint density at radius 1 is 1.33 bits per heavy atom. The molecule has 0 aromatic heterocycles. The van der Waals surface area contributed by atoms with E-state index in [1.54, 1.807) is 6.92 Å². The van der Waals surface area contributed by atoms with Crippen molar-refractivity contribution in [2.24, 2.45) is 0 Å². The van der Waals surface area contributed by atoms with Gasteiger partial charge in [-0.2, -0.15) is 13.2 Å². The van der Waals surface area contributed by atoms with Crippen LogP contribution in [-0.4, -0.2) is 17.4 Å². The fourth-order valence-electron chi connectivity index (χ4n) is 1.18. The molecule has 1 atom stereocenters. The van der Waals surface area contributed by atoms with Crippen LogP contribution in [0.3, 0.4) is 0 Å². The quantitative estimate of drug-likeness (QED) is 0.762. The van der Waals surface area contributed by atoms with Crippen LogP contribution in [-0.2, 0) is 6.42 Å². The van der Waals surface area contributed by atoms with Gasteiger partial charge in [-0.3, -0.25) is 0 Å². The first-order valence-electron chi connectivity index (χ1n) is 4.30.